The number of sulfonamides is 1. The number of hydrogen-bond donors (Lipinski definition) is 1. The number of primary sulfonamides is 1. The first-order valence-electron chi connectivity index (χ1n) is 9.45. The minimum absolute atomic E-state index is 0.215. The van der Waals surface area contributed by atoms with E-state index in [0.717, 1.165) is 40.2 Å². The highest BCUT2D eigenvalue weighted by molar-refractivity contribution is 7.88. The fourth-order valence-corrected chi connectivity index (χ4v) is 4.54. The van der Waals surface area contributed by atoms with Gasteiger partial charge in [0.1, 0.15) is 17.6 Å². The first-order chi connectivity index (χ1) is 13.9. The Morgan fingerprint density at radius 2 is 1.86 bits per heavy atom. The number of rotatable bonds is 5. The Balaban J connectivity index is 1.92. The molecule has 0 amide bonds. The van der Waals surface area contributed by atoms with Crippen LogP contribution in [0.15, 0.2) is 60.7 Å². The van der Waals surface area contributed by atoms with Gasteiger partial charge in [0.15, 0.2) is 0 Å². The molecule has 0 saturated carbocycles. The third-order valence-electron chi connectivity index (χ3n) is 5.17. The summed E-state index contributed by atoms with van der Waals surface area (Å²) < 4.78 is 35.1. The molecule has 6 heteroatoms. The zero-order valence-electron chi connectivity index (χ0n) is 16.4. The maximum atomic E-state index is 11.6. The third-order valence-corrected chi connectivity index (χ3v) is 5.91. The first kappa shape index (κ1) is 19.5. The molecule has 0 bridgehead atoms. The predicted molar refractivity (Wildman–Crippen MR) is 114 cm³/mol. The standard InChI is InChI=1S/C23H23NO4S/c1-3-16-6-5-9-21-22(16)19-11-10-15(14-29(24,25)26)12-20(19)23(28-21)17-7-4-8-18(13-17)27-2/h4-13,23H,3,14H2,1-2H3,(H2,24,25,26). The Labute approximate surface area is 171 Å². The van der Waals surface area contributed by atoms with Crippen molar-refractivity contribution in [1.29, 1.82) is 0 Å². The van der Waals surface area contributed by atoms with E-state index in [4.69, 9.17) is 14.6 Å². The number of methoxy groups -OCH3 is 1. The average Bonchev–Trinajstić information content (AvgIpc) is 2.71. The second-order valence-corrected chi connectivity index (χ2v) is 8.76. The van der Waals surface area contributed by atoms with E-state index in [1.807, 2.05) is 54.6 Å². The first-order valence-corrected chi connectivity index (χ1v) is 11.2. The summed E-state index contributed by atoms with van der Waals surface area (Å²) in [5, 5.41) is 5.27. The Hall–Kier alpha value is -2.83. The molecular weight excluding hydrogens is 386 g/mol. The van der Waals surface area contributed by atoms with Gasteiger partial charge in [-0.1, -0.05) is 49.4 Å². The van der Waals surface area contributed by atoms with E-state index in [1.165, 1.54) is 5.56 Å². The van der Waals surface area contributed by atoms with E-state index in [-0.39, 0.29) is 11.9 Å². The van der Waals surface area contributed by atoms with Crippen LogP contribution in [-0.4, -0.2) is 15.5 Å². The summed E-state index contributed by atoms with van der Waals surface area (Å²) in [6.07, 6.45) is 0.495. The van der Waals surface area contributed by atoms with Gasteiger partial charge in [-0.05, 0) is 41.3 Å². The van der Waals surface area contributed by atoms with E-state index in [0.29, 0.717) is 5.56 Å². The fraction of sp³-hybridized carbons (Fsp3) is 0.217. The van der Waals surface area contributed by atoms with Crippen LogP contribution in [0, 0.1) is 0 Å². The molecular formula is C23H23NO4S. The van der Waals surface area contributed by atoms with Gasteiger partial charge in [-0.3, -0.25) is 0 Å². The monoisotopic (exact) mass is 409 g/mol. The number of nitrogens with two attached hydrogens (primary N) is 1. The van der Waals surface area contributed by atoms with Crippen LogP contribution in [0.25, 0.3) is 11.1 Å². The minimum atomic E-state index is -3.63. The van der Waals surface area contributed by atoms with Crippen LogP contribution in [0.3, 0.4) is 0 Å². The van der Waals surface area contributed by atoms with Gasteiger partial charge in [0, 0.05) is 16.7 Å². The van der Waals surface area contributed by atoms with Gasteiger partial charge >= 0.3 is 0 Å². The zero-order chi connectivity index (χ0) is 20.6. The molecule has 3 aromatic rings. The molecule has 1 aliphatic rings. The predicted octanol–water partition coefficient (Wildman–Crippen LogP) is 4.19. The molecule has 1 heterocycles. The number of benzene rings is 3. The Bertz CT molecular complexity index is 1170. The fourth-order valence-electron chi connectivity index (χ4n) is 3.90. The summed E-state index contributed by atoms with van der Waals surface area (Å²) in [5.41, 5.74) is 5.80. The molecule has 0 fully saturated rings. The van der Waals surface area contributed by atoms with E-state index < -0.39 is 10.0 Å². The Morgan fingerprint density at radius 1 is 1.07 bits per heavy atom. The Kier molecular flexibility index (Phi) is 5.06. The molecule has 5 nitrogen and oxygen atoms in total. The smallest absolute Gasteiger partial charge is 0.213 e. The lowest BCUT2D eigenvalue weighted by atomic mass is 9.86. The van der Waals surface area contributed by atoms with Crippen LogP contribution in [0.2, 0.25) is 0 Å². The summed E-state index contributed by atoms with van der Waals surface area (Å²) >= 11 is 0. The van der Waals surface area contributed by atoms with Gasteiger partial charge in [0.2, 0.25) is 10.0 Å². The summed E-state index contributed by atoms with van der Waals surface area (Å²) in [7, 11) is -2.00. The van der Waals surface area contributed by atoms with Gasteiger partial charge in [0.05, 0.1) is 12.9 Å². The zero-order valence-corrected chi connectivity index (χ0v) is 17.2. The van der Waals surface area contributed by atoms with Crippen molar-refractivity contribution < 1.29 is 17.9 Å². The van der Waals surface area contributed by atoms with E-state index in [2.05, 4.69) is 13.0 Å². The summed E-state index contributed by atoms with van der Waals surface area (Å²) in [6.45, 7) is 2.11. The molecule has 0 aromatic heterocycles. The molecule has 1 atom stereocenters. The molecule has 0 spiro atoms. The molecule has 2 N–H and O–H groups in total. The number of fused-ring (bicyclic) bond motifs is 3. The highest BCUT2D eigenvalue weighted by Gasteiger charge is 2.29. The number of hydrogen-bond acceptors (Lipinski definition) is 4. The maximum Gasteiger partial charge on any atom is 0.213 e. The molecule has 0 saturated heterocycles. The van der Waals surface area contributed by atoms with Gasteiger partial charge in [-0.2, -0.15) is 0 Å². The highest BCUT2D eigenvalue weighted by Crippen LogP contribution is 2.47. The van der Waals surface area contributed by atoms with Gasteiger partial charge in [-0.15, -0.1) is 0 Å². The minimum Gasteiger partial charge on any atom is -0.497 e. The summed E-state index contributed by atoms with van der Waals surface area (Å²) in [5.74, 6) is 1.35. The SMILES string of the molecule is CCc1cccc2c1-c1ccc(CS(N)(=O)=O)cc1C(c1cccc(OC)c1)O2. The van der Waals surface area contributed by atoms with Crippen molar-refractivity contribution in [3.63, 3.8) is 0 Å². The van der Waals surface area contributed by atoms with Crippen LogP contribution in [0.4, 0.5) is 0 Å². The topological polar surface area (TPSA) is 78.6 Å². The van der Waals surface area contributed by atoms with Gasteiger partial charge in [0.25, 0.3) is 0 Å². The lowest BCUT2D eigenvalue weighted by Crippen LogP contribution is -2.18. The van der Waals surface area contributed by atoms with E-state index in [9.17, 15) is 8.42 Å². The molecule has 4 rings (SSSR count). The maximum absolute atomic E-state index is 11.6. The highest BCUT2D eigenvalue weighted by atomic mass is 32.2. The van der Waals surface area contributed by atoms with Crippen molar-refractivity contribution in [3.05, 3.63) is 82.9 Å². The number of ether oxygens (including phenoxy) is 2. The van der Waals surface area contributed by atoms with E-state index in [1.54, 1.807) is 7.11 Å². The normalized spacial score (nSPS) is 15.2. The number of aryl methyl sites for hydroxylation is 1. The van der Waals surface area contributed by atoms with Crippen molar-refractivity contribution in [1.82, 2.24) is 0 Å². The molecule has 0 aliphatic carbocycles. The largest absolute Gasteiger partial charge is 0.497 e. The van der Waals surface area contributed by atoms with Crippen molar-refractivity contribution >= 4 is 10.0 Å². The van der Waals surface area contributed by atoms with Crippen molar-refractivity contribution in [3.8, 4) is 22.6 Å². The Morgan fingerprint density at radius 3 is 2.59 bits per heavy atom. The summed E-state index contributed by atoms with van der Waals surface area (Å²) in [6, 6.07) is 19.5. The lowest BCUT2D eigenvalue weighted by molar-refractivity contribution is 0.242. The molecule has 29 heavy (non-hydrogen) atoms. The van der Waals surface area contributed by atoms with Crippen molar-refractivity contribution in [2.75, 3.05) is 7.11 Å². The quantitative estimate of drug-likeness (QED) is 0.685. The van der Waals surface area contributed by atoms with Crippen LogP contribution in [0.1, 0.15) is 35.3 Å². The molecule has 1 aliphatic heterocycles. The summed E-state index contributed by atoms with van der Waals surface area (Å²) in [4.78, 5) is 0. The van der Waals surface area contributed by atoms with Crippen molar-refractivity contribution in [2.24, 2.45) is 5.14 Å². The molecule has 1 unspecified atom stereocenters. The van der Waals surface area contributed by atoms with Gasteiger partial charge in [-0.25, -0.2) is 13.6 Å². The van der Waals surface area contributed by atoms with Crippen LogP contribution >= 0.6 is 0 Å². The second kappa shape index (κ2) is 7.54. The van der Waals surface area contributed by atoms with Crippen LogP contribution in [0.5, 0.6) is 11.5 Å². The van der Waals surface area contributed by atoms with Crippen LogP contribution < -0.4 is 14.6 Å². The van der Waals surface area contributed by atoms with Crippen LogP contribution in [-0.2, 0) is 22.2 Å². The van der Waals surface area contributed by atoms with Gasteiger partial charge < -0.3 is 9.47 Å². The third kappa shape index (κ3) is 3.86. The molecule has 3 aromatic carbocycles. The molecule has 150 valence electrons. The van der Waals surface area contributed by atoms with E-state index >= 15 is 0 Å². The van der Waals surface area contributed by atoms with Crippen molar-refractivity contribution in [2.45, 2.75) is 25.2 Å². The second-order valence-electron chi connectivity index (χ2n) is 7.15. The molecule has 0 radical (unpaired) electrons. The lowest BCUT2D eigenvalue weighted by Gasteiger charge is -2.31. The average molecular weight is 410 g/mol.